The van der Waals surface area contributed by atoms with E-state index in [0.29, 0.717) is 17.3 Å². The number of nitrogens with zero attached hydrogens (tertiary/aromatic N) is 1. The van der Waals surface area contributed by atoms with Gasteiger partial charge in [-0.25, -0.2) is 9.59 Å². The maximum Gasteiger partial charge on any atom is 0.327 e. The Morgan fingerprint density at radius 3 is 2.90 bits per heavy atom. The number of carboxylic acid groups (broad SMARTS) is 1. The van der Waals surface area contributed by atoms with E-state index < -0.39 is 12.0 Å². The number of halogens is 1. The fourth-order valence-corrected chi connectivity index (χ4v) is 3.21. The number of carboxylic acids is 1. The number of rotatable bonds is 3. The third-order valence-electron chi connectivity index (χ3n) is 3.06. The van der Waals surface area contributed by atoms with Crippen LogP contribution in [-0.4, -0.2) is 46.1 Å². The number of hydrogen-bond donors (Lipinski definition) is 2. The normalized spacial score (nSPS) is 18.6. The van der Waals surface area contributed by atoms with Crippen LogP contribution in [0.15, 0.2) is 24.3 Å². The molecule has 1 aromatic rings. The van der Waals surface area contributed by atoms with Gasteiger partial charge in [0.05, 0.1) is 0 Å². The van der Waals surface area contributed by atoms with Gasteiger partial charge < -0.3 is 15.3 Å². The lowest BCUT2D eigenvalue weighted by atomic mass is 10.2. The lowest BCUT2D eigenvalue weighted by Crippen LogP contribution is -2.53. The van der Waals surface area contributed by atoms with E-state index in [1.165, 1.54) is 4.90 Å². The summed E-state index contributed by atoms with van der Waals surface area (Å²) in [6.45, 7) is 0.727. The molecule has 1 fully saturated rings. The second kappa shape index (κ2) is 6.85. The molecule has 2 rings (SSSR count). The predicted molar refractivity (Wildman–Crippen MR) is 79.1 cm³/mol. The SMILES string of the molecule is O=C(O)C1CSCCN1C(=O)NCc1ccccc1Cl. The van der Waals surface area contributed by atoms with Crippen molar-refractivity contribution in [2.24, 2.45) is 0 Å². The Hall–Kier alpha value is -1.40. The third kappa shape index (κ3) is 3.58. The van der Waals surface area contributed by atoms with Gasteiger partial charge in [0.1, 0.15) is 6.04 Å². The molecule has 0 aliphatic carbocycles. The van der Waals surface area contributed by atoms with Gasteiger partial charge in [0, 0.05) is 29.6 Å². The highest BCUT2D eigenvalue weighted by atomic mass is 35.5. The average Bonchev–Trinajstić information content (AvgIpc) is 2.46. The molecule has 0 radical (unpaired) electrons. The number of nitrogens with one attached hydrogen (secondary N) is 1. The average molecular weight is 315 g/mol. The van der Waals surface area contributed by atoms with Gasteiger partial charge in [0.25, 0.3) is 0 Å². The monoisotopic (exact) mass is 314 g/mol. The van der Waals surface area contributed by atoms with Crippen LogP contribution in [0.2, 0.25) is 5.02 Å². The molecule has 0 bridgehead atoms. The minimum Gasteiger partial charge on any atom is -0.480 e. The molecular weight excluding hydrogens is 300 g/mol. The lowest BCUT2D eigenvalue weighted by Gasteiger charge is -2.32. The van der Waals surface area contributed by atoms with Crippen LogP contribution in [0.5, 0.6) is 0 Å². The summed E-state index contributed by atoms with van der Waals surface area (Å²) in [6.07, 6.45) is 0. The number of urea groups is 1. The van der Waals surface area contributed by atoms with Gasteiger partial charge >= 0.3 is 12.0 Å². The Kier molecular flexibility index (Phi) is 5.14. The van der Waals surface area contributed by atoms with Crippen molar-refractivity contribution in [3.8, 4) is 0 Å². The summed E-state index contributed by atoms with van der Waals surface area (Å²) in [5.41, 5.74) is 0.806. The van der Waals surface area contributed by atoms with Gasteiger partial charge in [-0.05, 0) is 11.6 Å². The molecule has 1 atom stereocenters. The van der Waals surface area contributed by atoms with Crippen LogP contribution >= 0.6 is 23.4 Å². The van der Waals surface area contributed by atoms with Crippen LogP contribution in [0, 0.1) is 0 Å². The first-order chi connectivity index (χ1) is 9.59. The van der Waals surface area contributed by atoms with Crippen LogP contribution in [0.1, 0.15) is 5.56 Å². The second-order valence-electron chi connectivity index (χ2n) is 4.37. The summed E-state index contributed by atoms with van der Waals surface area (Å²) >= 11 is 7.56. The van der Waals surface area contributed by atoms with E-state index >= 15 is 0 Å². The smallest absolute Gasteiger partial charge is 0.327 e. The van der Waals surface area contributed by atoms with E-state index in [4.69, 9.17) is 16.7 Å². The highest BCUT2D eigenvalue weighted by molar-refractivity contribution is 7.99. The molecule has 108 valence electrons. The molecule has 1 heterocycles. The maximum atomic E-state index is 12.1. The van der Waals surface area contributed by atoms with Crippen molar-refractivity contribution >= 4 is 35.4 Å². The van der Waals surface area contributed by atoms with Gasteiger partial charge in [0.15, 0.2) is 0 Å². The number of carbonyl (C=O) groups is 2. The van der Waals surface area contributed by atoms with Gasteiger partial charge in [-0.15, -0.1) is 0 Å². The van der Waals surface area contributed by atoms with E-state index in [9.17, 15) is 9.59 Å². The summed E-state index contributed by atoms with van der Waals surface area (Å²) in [5.74, 6) is 0.211. The van der Waals surface area contributed by atoms with Gasteiger partial charge in [0.2, 0.25) is 0 Å². The van der Waals surface area contributed by atoms with Crippen molar-refractivity contribution in [1.82, 2.24) is 10.2 Å². The zero-order chi connectivity index (χ0) is 14.5. The van der Waals surface area contributed by atoms with Gasteiger partial charge in [-0.1, -0.05) is 29.8 Å². The molecule has 0 saturated carbocycles. The summed E-state index contributed by atoms with van der Waals surface area (Å²) < 4.78 is 0. The molecule has 1 saturated heterocycles. The van der Waals surface area contributed by atoms with Crippen molar-refractivity contribution in [2.75, 3.05) is 18.1 Å². The number of carbonyl (C=O) groups excluding carboxylic acids is 1. The van der Waals surface area contributed by atoms with E-state index in [2.05, 4.69) is 5.32 Å². The first-order valence-electron chi connectivity index (χ1n) is 6.18. The molecule has 1 unspecified atom stereocenters. The Bertz CT molecular complexity index is 512. The largest absolute Gasteiger partial charge is 0.480 e. The molecular formula is C13H15ClN2O3S. The standard InChI is InChI=1S/C13H15ClN2O3S/c14-10-4-2-1-3-9(10)7-15-13(19)16-5-6-20-8-11(16)12(17)18/h1-4,11H,5-8H2,(H,15,19)(H,17,18). The zero-order valence-electron chi connectivity index (χ0n) is 10.7. The maximum absolute atomic E-state index is 12.1. The van der Waals surface area contributed by atoms with Crippen LogP contribution in [0.4, 0.5) is 4.79 Å². The Balaban J connectivity index is 1.97. The van der Waals surface area contributed by atoms with E-state index in [1.807, 2.05) is 18.2 Å². The van der Waals surface area contributed by atoms with Crippen molar-refractivity contribution < 1.29 is 14.7 Å². The van der Waals surface area contributed by atoms with Crippen molar-refractivity contribution in [2.45, 2.75) is 12.6 Å². The Morgan fingerprint density at radius 2 is 2.20 bits per heavy atom. The molecule has 20 heavy (non-hydrogen) atoms. The topological polar surface area (TPSA) is 69.6 Å². The molecule has 7 heteroatoms. The molecule has 1 aromatic carbocycles. The van der Waals surface area contributed by atoms with Gasteiger partial charge in [-0.2, -0.15) is 11.8 Å². The zero-order valence-corrected chi connectivity index (χ0v) is 12.3. The summed E-state index contributed by atoms with van der Waals surface area (Å²) in [5, 5.41) is 12.4. The highest BCUT2D eigenvalue weighted by Crippen LogP contribution is 2.18. The van der Waals surface area contributed by atoms with Crippen molar-refractivity contribution in [1.29, 1.82) is 0 Å². The first kappa shape index (κ1) is 15.0. The molecule has 0 spiro atoms. The Labute approximate surface area is 126 Å². The molecule has 1 aliphatic rings. The van der Waals surface area contributed by atoms with E-state index in [1.54, 1.807) is 17.8 Å². The minimum absolute atomic E-state index is 0.286. The number of aliphatic carboxylic acids is 1. The van der Waals surface area contributed by atoms with Crippen LogP contribution < -0.4 is 5.32 Å². The third-order valence-corrected chi connectivity index (χ3v) is 4.45. The van der Waals surface area contributed by atoms with Crippen LogP contribution in [0.3, 0.4) is 0 Å². The number of thioether (sulfide) groups is 1. The molecule has 0 aromatic heterocycles. The van der Waals surface area contributed by atoms with E-state index in [0.717, 1.165) is 11.3 Å². The summed E-state index contributed by atoms with van der Waals surface area (Å²) in [7, 11) is 0. The molecule has 5 nitrogen and oxygen atoms in total. The molecule has 1 aliphatic heterocycles. The fourth-order valence-electron chi connectivity index (χ4n) is 1.97. The molecule has 2 amide bonds. The minimum atomic E-state index is -0.968. The Morgan fingerprint density at radius 1 is 1.45 bits per heavy atom. The predicted octanol–water partition coefficient (Wildman–Crippen LogP) is 2.05. The second-order valence-corrected chi connectivity index (χ2v) is 5.93. The van der Waals surface area contributed by atoms with Crippen LogP contribution in [-0.2, 0) is 11.3 Å². The first-order valence-corrected chi connectivity index (χ1v) is 7.71. The summed E-state index contributed by atoms with van der Waals surface area (Å²) in [6, 6.07) is 6.10. The summed E-state index contributed by atoms with van der Waals surface area (Å²) in [4.78, 5) is 24.6. The van der Waals surface area contributed by atoms with Crippen LogP contribution in [0.25, 0.3) is 0 Å². The quantitative estimate of drug-likeness (QED) is 0.896. The van der Waals surface area contributed by atoms with E-state index in [-0.39, 0.29) is 12.6 Å². The number of hydrogen-bond acceptors (Lipinski definition) is 3. The number of benzene rings is 1. The van der Waals surface area contributed by atoms with Crippen molar-refractivity contribution in [3.63, 3.8) is 0 Å². The molecule has 2 N–H and O–H groups in total. The number of amides is 2. The fraction of sp³-hybridized carbons (Fsp3) is 0.385. The highest BCUT2D eigenvalue weighted by Gasteiger charge is 2.32. The lowest BCUT2D eigenvalue weighted by molar-refractivity contribution is -0.141. The van der Waals surface area contributed by atoms with Crippen molar-refractivity contribution in [3.05, 3.63) is 34.9 Å². The van der Waals surface area contributed by atoms with Gasteiger partial charge in [-0.3, -0.25) is 0 Å².